The second-order valence-corrected chi connectivity index (χ2v) is 9.04. The van der Waals surface area contributed by atoms with Crippen LogP contribution in [0.2, 0.25) is 0 Å². The van der Waals surface area contributed by atoms with E-state index in [4.69, 9.17) is 0 Å². The van der Waals surface area contributed by atoms with E-state index in [1.165, 1.54) is 23.5 Å². The molecule has 1 aliphatic carbocycles. The van der Waals surface area contributed by atoms with Gasteiger partial charge in [-0.05, 0) is 36.5 Å². The van der Waals surface area contributed by atoms with Crippen LogP contribution in [-0.2, 0) is 16.0 Å². The highest BCUT2D eigenvalue weighted by molar-refractivity contribution is 7.15. The van der Waals surface area contributed by atoms with Gasteiger partial charge < -0.3 is 10.6 Å². The molecule has 2 aromatic rings. The largest absolute Gasteiger partial charge is 0.325 e. The average Bonchev–Trinajstić information content (AvgIpc) is 3.24. The van der Waals surface area contributed by atoms with Crippen molar-refractivity contribution in [2.24, 2.45) is 5.92 Å². The lowest BCUT2D eigenvalue weighted by Crippen LogP contribution is -2.54. The summed E-state index contributed by atoms with van der Waals surface area (Å²) in [6.45, 7) is 1.63. The maximum Gasteiger partial charge on any atom is 0.325 e. The third-order valence-electron chi connectivity index (χ3n) is 5.89. The smallest absolute Gasteiger partial charge is 0.323 e. The number of nitrogens with zero attached hydrogens (tertiary/aromatic N) is 2. The molecule has 1 aromatic carbocycles. The van der Waals surface area contributed by atoms with Gasteiger partial charge in [0.25, 0.3) is 5.91 Å². The Kier molecular flexibility index (Phi) is 5.55. The number of hydrogen-bond acceptors (Lipinski definition) is 5. The van der Waals surface area contributed by atoms with Crippen LogP contribution in [0.4, 0.5) is 14.3 Å². The Bertz CT molecular complexity index is 977. The number of aromatic nitrogens is 1. The summed E-state index contributed by atoms with van der Waals surface area (Å²) in [6, 6.07) is 5.69. The van der Waals surface area contributed by atoms with Crippen molar-refractivity contribution >= 4 is 34.3 Å². The molecule has 0 radical (unpaired) electrons. The first kappa shape index (κ1) is 20.5. The molecule has 158 valence electrons. The van der Waals surface area contributed by atoms with Crippen molar-refractivity contribution < 1.29 is 18.8 Å². The van der Waals surface area contributed by atoms with E-state index in [1.54, 1.807) is 18.3 Å². The zero-order valence-electron chi connectivity index (χ0n) is 16.6. The van der Waals surface area contributed by atoms with E-state index >= 15 is 0 Å². The Labute approximate surface area is 177 Å². The molecular formula is C21H23FN4O3S. The summed E-state index contributed by atoms with van der Waals surface area (Å²) in [5.41, 5.74) is 0.0585. The number of amides is 4. The molecule has 2 aliphatic rings. The molecule has 4 rings (SSSR count). The van der Waals surface area contributed by atoms with E-state index in [-0.39, 0.29) is 24.2 Å². The molecular weight excluding hydrogens is 407 g/mol. The summed E-state index contributed by atoms with van der Waals surface area (Å²) in [6.07, 6.45) is 5.62. The van der Waals surface area contributed by atoms with Crippen LogP contribution in [0, 0.1) is 11.7 Å². The van der Waals surface area contributed by atoms with Gasteiger partial charge in [-0.15, -0.1) is 11.3 Å². The highest BCUT2D eigenvalue weighted by Gasteiger charge is 2.55. The fourth-order valence-corrected chi connectivity index (χ4v) is 5.05. The summed E-state index contributed by atoms with van der Waals surface area (Å²) in [7, 11) is 0. The van der Waals surface area contributed by atoms with Crippen LogP contribution in [0.3, 0.4) is 0 Å². The maximum absolute atomic E-state index is 13.0. The number of anilines is 1. The summed E-state index contributed by atoms with van der Waals surface area (Å²) < 4.78 is 13.0. The van der Waals surface area contributed by atoms with Crippen LogP contribution in [0.15, 0.2) is 30.5 Å². The molecule has 2 fully saturated rings. The van der Waals surface area contributed by atoms with E-state index in [0.717, 1.165) is 34.6 Å². The molecule has 2 unspecified atom stereocenters. The highest BCUT2D eigenvalue weighted by Crippen LogP contribution is 2.38. The van der Waals surface area contributed by atoms with Gasteiger partial charge in [0.1, 0.15) is 17.9 Å². The summed E-state index contributed by atoms with van der Waals surface area (Å²) in [5.74, 6) is -1.03. The molecule has 0 bridgehead atoms. The highest BCUT2D eigenvalue weighted by atomic mass is 32.1. The minimum Gasteiger partial charge on any atom is -0.323 e. The van der Waals surface area contributed by atoms with E-state index < -0.39 is 17.5 Å². The summed E-state index contributed by atoms with van der Waals surface area (Å²) in [5, 5.41) is 5.90. The number of hydrogen-bond donors (Lipinski definition) is 2. The third kappa shape index (κ3) is 3.94. The van der Waals surface area contributed by atoms with E-state index in [9.17, 15) is 18.8 Å². The standard InChI is InChI=1S/C21H23FN4O3S/c1-13-4-2-3-9-21(13)18(28)26(20(29)25-21)12-17(27)24-19-23-11-16(30-19)10-14-5-7-15(22)8-6-14/h5-8,11,13H,2-4,9-10,12H2,1H3,(H,25,29)(H,23,24,27). The molecule has 1 aliphatic heterocycles. The van der Waals surface area contributed by atoms with Gasteiger partial charge in [-0.3, -0.25) is 14.5 Å². The molecule has 2 atom stereocenters. The summed E-state index contributed by atoms with van der Waals surface area (Å²) >= 11 is 1.30. The predicted molar refractivity (Wildman–Crippen MR) is 111 cm³/mol. The van der Waals surface area contributed by atoms with Gasteiger partial charge in [0.15, 0.2) is 5.13 Å². The van der Waals surface area contributed by atoms with E-state index in [1.807, 2.05) is 6.92 Å². The first-order valence-electron chi connectivity index (χ1n) is 10.0. The SMILES string of the molecule is CC1CCCCC12NC(=O)N(CC(=O)Nc1ncc(Cc3ccc(F)cc3)s1)C2=O. The van der Waals surface area contributed by atoms with Gasteiger partial charge in [0.05, 0.1) is 0 Å². The van der Waals surface area contributed by atoms with Crippen LogP contribution in [0.25, 0.3) is 0 Å². The van der Waals surface area contributed by atoms with Crippen LogP contribution in [0.1, 0.15) is 43.0 Å². The Morgan fingerprint density at radius 1 is 1.33 bits per heavy atom. The molecule has 1 saturated heterocycles. The Balaban J connectivity index is 1.37. The van der Waals surface area contributed by atoms with Crippen LogP contribution >= 0.6 is 11.3 Å². The zero-order valence-corrected chi connectivity index (χ0v) is 17.4. The molecule has 1 aromatic heterocycles. The van der Waals surface area contributed by atoms with Crippen LogP contribution in [0.5, 0.6) is 0 Å². The van der Waals surface area contributed by atoms with Gasteiger partial charge >= 0.3 is 6.03 Å². The zero-order chi connectivity index (χ0) is 21.3. The van der Waals surface area contributed by atoms with Crippen LogP contribution < -0.4 is 10.6 Å². The minimum absolute atomic E-state index is 0.0451. The van der Waals surface area contributed by atoms with Gasteiger partial charge in [-0.2, -0.15) is 0 Å². The van der Waals surface area contributed by atoms with Crippen molar-refractivity contribution in [3.05, 3.63) is 46.7 Å². The predicted octanol–water partition coefficient (Wildman–Crippen LogP) is 3.31. The minimum atomic E-state index is -0.876. The topological polar surface area (TPSA) is 91.4 Å². The molecule has 2 N–H and O–H groups in total. The van der Waals surface area contributed by atoms with Crippen molar-refractivity contribution in [2.75, 3.05) is 11.9 Å². The summed E-state index contributed by atoms with van der Waals surface area (Å²) in [4.78, 5) is 43.9. The van der Waals surface area contributed by atoms with Crippen molar-refractivity contribution in [1.29, 1.82) is 0 Å². The molecule has 7 nitrogen and oxygen atoms in total. The van der Waals surface area contributed by atoms with Gasteiger partial charge in [0.2, 0.25) is 5.91 Å². The lowest BCUT2D eigenvalue weighted by molar-refractivity contribution is -0.136. The Morgan fingerprint density at radius 3 is 2.83 bits per heavy atom. The number of halogens is 1. The second kappa shape index (κ2) is 8.14. The average molecular weight is 431 g/mol. The molecule has 4 amide bonds. The number of benzene rings is 1. The Hall–Kier alpha value is -2.81. The molecule has 30 heavy (non-hydrogen) atoms. The number of imide groups is 1. The van der Waals surface area contributed by atoms with Crippen molar-refractivity contribution in [3.63, 3.8) is 0 Å². The monoisotopic (exact) mass is 430 g/mol. The lowest BCUT2D eigenvalue weighted by Gasteiger charge is -2.36. The number of carbonyl (C=O) groups excluding carboxylic acids is 3. The fraction of sp³-hybridized carbons (Fsp3) is 0.429. The van der Waals surface area contributed by atoms with Gasteiger partial charge in [-0.1, -0.05) is 31.9 Å². The molecule has 2 heterocycles. The fourth-order valence-electron chi connectivity index (χ4n) is 4.19. The molecule has 1 saturated carbocycles. The molecule has 9 heteroatoms. The van der Waals surface area contributed by atoms with Gasteiger partial charge in [0, 0.05) is 17.5 Å². The van der Waals surface area contributed by atoms with E-state index in [0.29, 0.717) is 18.0 Å². The first-order valence-corrected chi connectivity index (χ1v) is 10.8. The normalized spacial score (nSPS) is 23.7. The number of nitrogens with one attached hydrogen (secondary N) is 2. The molecule has 1 spiro atoms. The number of carbonyl (C=O) groups is 3. The maximum atomic E-state index is 13.0. The van der Waals surface area contributed by atoms with Crippen molar-refractivity contribution in [2.45, 2.75) is 44.6 Å². The number of thiazole rings is 1. The third-order valence-corrected chi connectivity index (χ3v) is 6.81. The first-order chi connectivity index (χ1) is 14.4. The number of rotatable bonds is 5. The quantitative estimate of drug-likeness (QED) is 0.712. The Morgan fingerprint density at radius 2 is 2.10 bits per heavy atom. The van der Waals surface area contributed by atoms with Crippen molar-refractivity contribution in [3.8, 4) is 0 Å². The van der Waals surface area contributed by atoms with Crippen LogP contribution in [-0.4, -0.2) is 39.8 Å². The number of urea groups is 1. The van der Waals surface area contributed by atoms with Crippen molar-refractivity contribution in [1.82, 2.24) is 15.2 Å². The second-order valence-electron chi connectivity index (χ2n) is 7.92. The lowest BCUT2D eigenvalue weighted by atomic mass is 9.73. The van der Waals surface area contributed by atoms with E-state index in [2.05, 4.69) is 15.6 Å². The van der Waals surface area contributed by atoms with Gasteiger partial charge in [-0.25, -0.2) is 14.2 Å².